The number of carbonyl (C=O) groups excluding carboxylic acids is 2. The van der Waals surface area contributed by atoms with Crippen LogP contribution in [0.5, 0.6) is 11.5 Å². The number of rotatable bonds is 4. The molecule has 2 aromatic carbocycles. The number of anilines is 2. The number of ketones is 1. The quantitative estimate of drug-likeness (QED) is 0.356. The minimum absolute atomic E-state index is 0.0488. The third-order valence-corrected chi connectivity index (χ3v) is 6.85. The van der Waals surface area contributed by atoms with Crippen LogP contribution in [0.25, 0.3) is 5.76 Å². The van der Waals surface area contributed by atoms with Gasteiger partial charge in [-0.1, -0.05) is 18.2 Å². The van der Waals surface area contributed by atoms with Crippen LogP contribution < -0.4 is 19.3 Å². The Morgan fingerprint density at radius 3 is 2.70 bits per heavy atom. The van der Waals surface area contributed by atoms with Crippen molar-refractivity contribution in [3.05, 3.63) is 76.0 Å². The van der Waals surface area contributed by atoms with Gasteiger partial charge in [0.1, 0.15) is 29.9 Å². The van der Waals surface area contributed by atoms with E-state index in [1.165, 1.54) is 23.3 Å². The van der Waals surface area contributed by atoms with E-state index in [4.69, 9.17) is 9.47 Å². The second kappa shape index (κ2) is 8.29. The largest absolute Gasteiger partial charge is 0.507 e. The minimum Gasteiger partial charge on any atom is -0.507 e. The number of carbonyl (C=O) groups is 2. The average molecular weight is 463 g/mol. The number of Topliss-reactive ketones (excluding diaryl/α,β-unsaturated/α-hetero) is 1. The molecule has 168 valence electrons. The van der Waals surface area contributed by atoms with Crippen molar-refractivity contribution in [1.82, 2.24) is 0 Å². The second-order valence-electron chi connectivity index (χ2n) is 7.81. The lowest BCUT2D eigenvalue weighted by molar-refractivity contribution is -0.132. The highest BCUT2D eigenvalue weighted by molar-refractivity contribution is 7.10. The van der Waals surface area contributed by atoms with Crippen molar-refractivity contribution in [2.75, 3.05) is 37.1 Å². The Bertz CT molecular complexity index is 1270. The van der Waals surface area contributed by atoms with Crippen LogP contribution in [0, 0.1) is 0 Å². The van der Waals surface area contributed by atoms with Gasteiger partial charge in [0, 0.05) is 17.5 Å². The van der Waals surface area contributed by atoms with Gasteiger partial charge in [0.2, 0.25) is 0 Å². The molecule has 1 N–H and O–H groups in total. The Labute approximate surface area is 195 Å². The fourth-order valence-electron chi connectivity index (χ4n) is 4.28. The average Bonchev–Trinajstić information content (AvgIpc) is 3.45. The van der Waals surface area contributed by atoms with Gasteiger partial charge in [-0.05, 0) is 41.8 Å². The van der Waals surface area contributed by atoms with Crippen LogP contribution in [-0.4, -0.2) is 44.1 Å². The second-order valence-corrected chi connectivity index (χ2v) is 8.79. The predicted molar refractivity (Wildman–Crippen MR) is 127 cm³/mol. The molecule has 33 heavy (non-hydrogen) atoms. The maximum absolute atomic E-state index is 13.3. The summed E-state index contributed by atoms with van der Waals surface area (Å²) < 4.78 is 11.2. The van der Waals surface area contributed by atoms with E-state index >= 15 is 0 Å². The molecule has 1 aromatic heterocycles. The molecule has 3 heterocycles. The number of hydrogen-bond acceptors (Lipinski definition) is 7. The molecule has 3 aromatic rings. The van der Waals surface area contributed by atoms with Gasteiger partial charge in [0.15, 0.2) is 0 Å². The molecule has 2 aliphatic rings. The van der Waals surface area contributed by atoms with Crippen LogP contribution in [-0.2, 0) is 9.59 Å². The Balaban J connectivity index is 1.69. The van der Waals surface area contributed by atoms with E-state index in [1.807, 2.05) is 29.5 Å². The van der Waals surface area contributed by atoms with Crippen molar-refractivity contribution in [2.24, 2.45) is 0 Å². The Morgan fingerprint density at radius 1 is 1.12 bits per heavy atom. The molecule has 1 atom stereocenters. The van der Waals surface area contributed by atoms with Gasteiger partial charge in [0.05, 0.1) is 30.6 Å². The Kier molecular flexibility index (Phi) is 5.30. The van der Waals surface area contributed by atoms with Crippen molar-refractivity contribution in [3.63, 3.8) is 0 Å². The van der Waals surface area contributed by atoms with E-state index in [0.29, 0.717) is 35.9 Å². The van der Waals surface area contributed by atoms with Crippen molar-refractivity contribution < 1.29 is 24.2 Å². The lowest BCUT2D eigenvalue weighted by Gasteiger charge is -2.28. The molecule has 8 heteroatoms. The first-order chi connectivity index (χ1) is 16.0. The number of benzene rings is 2. The molecule has 0 radical (unpaired) electrons. The van der Waals surface area contributed by atoms with Gasteiger partial charge in [-0.15, -0.1) is 11.3 Å². The molecule has 1 amide bonds. The fraction of sp³-hybridized carbons (Fsp3) is 0.200. The maximum Gasteiger partial charge on any atom is 0.300 e. The van der Waals surface area contributed by atoms with Crippen molar-refractivity contribution in [2.45, 2.75) is 6.04 Å². The summed E-state index contributed by atoms with van der Waals surface area (Å²) in [6.45, 7) is 1.29. The number of ether oxygens (including phenoxy) is 2. The normalized spacial score (nSPS) is 19.4. The zero-order chi connectivity index (χ0) is 23.1. The van der Waals surface area contributed by atoms with Crippen molar-refractivity contribution >= 4 is 40.2 Å². The van der Waals surface area contributed by atoms with Gasteiger partial charge >= 0.3 is 0 Å². The predicted octanol–water partition coefficient (Wildman–Crippen LogP) is 4.21. The van der Waals surface area contributed by atoms with Crippen LogP contribution in [0.3, 0.4) is 0 Å². The highest BCUT2D eigenvalue weighted by Gasteiger charge is 2.48. The number of para-hydroxylation sites is 2. The maximum atomic E-state index is 13.3. The molecule has 0 aliphatic carbocycles. The van der Waals surface area contributed by atoms with E-state index in [-0.39, 0.29) is 11.3 Å². The van der Waals surface area contributed by atoms with Gasteiger partial charge in [-0.3, -0.25) is 14.5 Å². The number of amides is 1. The summed E-state index contributed by atoms with van der Waals surface area (Å²) >= 11 is 1.42. The first-order valence-corrected chi connectivity index (χ1v) is 11.3. The molecule has 0 bridgehead atoms. The van der Waals surface area contributed by atoms with E-state index in [2.05, 4.69) is 0 Å². The fourth-order valence-corrected chi connectivity index (χ4v) is 5.10. The third kappa shape index (κ3) is 3.43. The highest BCUT2D eigenvalue weighted by atomic mass is 32.1. The summed E-state index contributed by atoms with van der Waals surface area (Å²) in [6.07, 6.45) is 0. The number of likely N-dealkylation sites (N-methyl/N-ethyl adjacent to an activating group) is 1. The number of aliphatic hydroxyl groups is 1. The smallest absolute Gasteiger partial charge is 0.300 e. The van der Waals surface area contributed by atoms with Gasteiger partial charge in [-0.25, -0.2) is 0 Å². The number of aliphatic hydroxyl groups excluding tert-OH is 1. The summed E-state index contributed by atoms with van der Waals surface area (Å²) in [6, 6.07) is 15.2. The lowest BCUT2D eigenvalue weighted by Crippen LogP contribution is -2.29. The van der Waals surface area contributed by atoms with Crippen molar-refractivity contribution in [3.8, 4) is 11.5 Å². The zero-order valence-corrected chi connectivity index (χ0v) is 19.0. The van der Waals surface area contributed by atoms with Crippen LogP contribution in [0.1, 0.15) is 16.5 Å². The first kappa shape index (κ1) is 21.1. The number of nitrogens with zero attached hydrogens (tertiary/aromatic N) is 2. The summed E-state index contributed by atoms with van der Waals surface area (Å²) in [5, 5.41) is 13.2. The number of hydrogen-bond donors (Lipinski definition) is 1. The summed E-state index contributed by atoms with van der Waals surface area (Å²) in [5.41, 5.74) is 1.79. The van der Waals surface area contributed by atoms with Gasteiger partial charge < -0.3 is 19.5 Å². The van der Waals surface area contributed by atoms with E-state index < -0.39 is 17.7 Å². The SMILES string of the molecule is COc1ccccc1N1C(=O)C(=O)/C(=C(\O)c2ccc3c(c2)N(C)CCO3)C1c1cccs1. The van der Waals surface area contributed by atoms with Crippen LogP contribution in [0.2, 0.25) is 0 Å². The summed E-state index contributed by atoms with van der Waals surface area (Å²) in [4.78, 5) is 30.7. The number of thiophene rings is 1. The summed E-state index contributed by atoms with van der Waals surface area (Å²) in [5.74, 6) is -0.485. The van der Waals surface area contributed by atoms with Crippen molar-refractivity contribution in [1.29, 1.82) is 0 Å². The number of fused-ring (bicyclic) bond motifs is 1. The first-order valence-electron chi connectivity index (χ1n) is 10.5. The monoisotopic (exact) mass is 462 g/mol. The minimum atomic E-state index is -0.772. The Morgan fingerprint density at radius 2 is 1.94 bits per heavy atom. The molecule has 7 nitrogen and oxygen atoms in total. The molecule has 1 saturated heterocycles. The molecule has 1 fully saturated rings. The van der Waals surface area contributed by atoms with E-state index in [0.717, 1.165) is 10.6 Å². The molecular formula is C25H22N2O5S. The molecule has 0 saturated carbocycles. The highest BCUT2D eigenvalue weighted by Crippen LogP contribution is 2.46. The van der Waals surface area contributed by atoms with Crippen LogP contribution in [0.15, 0.2) is 65.6 Å². The molecule has 5 rings (SSSR count). The van der Waals surface area contributed by atoms with Crippen LogP contribution >= 0.6 is 11.3 Å². The summed E-state index contributed by atoms with van der Waals surface area (Å²) in [7, 11) is 3.46. The standard InChI is InChI=1S/C25H22N2O5S/c1-26-11-12-32-19-10-9-15(14-17(19)26)23(28)21-22(20-8-5-13-33-20)27(25(30)24(21)29)16-6-3-4-7-18(16)31-2/h3-10,13-14,22,28H,11-12H2,1-2H3/b23-21-. The molecule has 2 aliphatic heterocycles. The Hall–Kier alpha value is -3.78. The zero-order valence-electron chi connectivity index (χ0n) is 18.1. The number of methoxy groups -OCH3 is 1. The van der Waals surface area contributed by atoms with Crippen LogP contribution in [0.4, 0.5) is 11.4 Å². The third-order valence-electron chi connectivity index (χ3n) is 5.93. The van der Waals surface area contributed by atoms with Gasteiger partial charge in [-0.2, -0.15) is 0 Å². The van der Waals surface area contributed by atoms with E-state index in [9.17, 15) is 14.7 Å². The molecule has 0 spiro atoms. The van der Waals surface area contributed by atoms with Gasteiger partial charge in [0.25, 0.3) is 11.7 Å². The lowest BCUT2D eigenvalue weighted by atomic mass is 9.99. The molecular weight excluding hydrogens is 440 g/mol. The topological polar surface area (TPSA) is 79.3 Å². The molecule has 1 unspecified atom stereocenters. The van der Waals surface area contributed by atoms with E-state index in [1.54, 1.807) is 42.5 Å².